The lowest BCUT2D eigenvalue weighted by Gasteiger charge is -2.34. The summed E-state index contributed by atoms with van der Waals surface area (Å²) >= 11 is 0. The topological polar surface area (TPSA) is 99.1 Å². The zero-order valence-corrected chi connectivity index (χ0v) is 19.1. The first-order valence-corrected chi connectivity index (χ1v) is 12.2. The number of hydrogen-bond acceptors (Lipinski definition) is 5. The second-order valence-electron chi connectivity index (χ2n) is 9.03. The van der Waals surface area contributed by atoms with Gasteiger partial charge in [0.15, 0.2) is 0 Å². The molecule has 0 saturated heterocycles. The van der Waals surface area contributed by atoms with Crippen LogP contribution in [0, 0.1) is 0 Å². The van der Waals surface area contributed by atoms with Crippen molar-refractivity contribution in [1.82, 2.24) is 4.90 Å². The van der Waals surface area contributed by atoms with Crippen LogP contribution >= 0.6 is 0 Å². The summed E-state index contributed by atoms with van der Waals surface area (Å²) in [6, 6.07) is 5.85. The molecule has 1 unspecified atom stereocenters. The molecule has 2 aliphatic rings. The van der Waals surface area contributed by atoms with Gasteiger partial charge in [-0.25, -0.2) is 0 Å². The van der Waals surface area contributed by atoms with E-state index in [9.17, 15) is 14.7 Å². The summed E-state index contributed by atoms with van der Waals surface area (Å²) in [5.41, 5.74) is 1.92. The van der Waals surface area contributed by atoms with Crippen LogP contribution in [0.3, 0.4) is 0 Å². The largest absolute Gasteiger partial charge is 0.494 e. The molecule has 178 valence electrons. The predicted octanol–water partition coefficient (Wildman–Crippen LogP) is 3.42. The summed E-state index contributed by atoms with van der Waals surface area (Å²) in [6.07, 6.45) is 9.66. The number of nitrogens with one attached hydrogen (secondary N) is 1. The molecule has 1 fully saturated rings. The van der Waals surface area contributed by atoms with Crippen molar-refractivity contribution in [3.63, 3.8) is 0 Å². The van der Waals surface area contributed by atoms with Gasteiger partial charge in [-0.05, 0) is 55.9 Å². The zero-order valence-electron chi connectivity index (χ0n) is 19.1. The summed E-state index contributed by atoms with van der Waals surface area (Å²) in [7, 11) is 0. The Morgan fingerprint density at radius 1 is 1.16 bits per heavy atom. The summed E-state index contributed by atoms with van der Waals surface area (Å²) in [5.74, 6) is 0.856. The molecule has 0 bridgehead atoms. The number of carbonyl (C=O) groups excluding carboxylic acids is 2. The first-order chi connectivity index (χ1) is 15.6. The van der Waals surface area contributed by atoms with Crippen LogP contribution in [-0.2, 0) is 16.0 Å². The molecule has 0 aromatic heterocycles. The molecule has 1 atom stereocenters. The van der Waals surface area contributed by atoms with E-state index in [4.69, 9.17) is 9.84 Å². The third kappa shape index (κ3) is 7.48. The minimum atomic E-state index is -0.693. The van der Waals surface area contributed by atoms with Crippen molar-refractivity contribution in [1.29, 1.82) is 0 Å². The number of carbonyl (C=O) groups is 2. The number of rotatable bonds is 10. The smallest absolute Gasteiger partial charge is 0.224 e. The number of hydrogen-bond donors (Lipinski definition) is 3. The van der Waals surface area contributed by atoms with Crippen molar-refractivity contribution >= 4 is 17.5 Å². The highest BCUT2D eigenvalue weighted by atomic mass is 16.5. The standard InChI is InChI=1S/C25H38N2O5/c28-15-14-21(29)18-27(20-7-4-2-1-3-5-8-20)25(31)9-6-16-32-22-11-12-23-19(17-22)10-13-24(30)26-23/h11-12,17,20-21,28-29H,1-10,13-16,18H2,(H,26,30). The summed E-state index contributed by atoms with van der Waals surface area (Å²) < 4.78 is 5.86. The van der Waals surface area contributed by atoms with Crippen molar-refractivity contribution in [2.45, 2.75) is 89.2 Å². The van der Waals surface area contributed by atoms with Gasteiger partial charge in [0.1, 0.15) is 5.75 Å². The van der Waals surface area contributed by atoms with E-state index in [0.717, 1.165) is 42.7 Å². The Labute approximate surface area is 191 Å². The molecule has 1 aromatic rings. The number of aliphatic hydroxyl groups is 2. The Morgan fingerprint density at radius 3 is 2.66 bits per heavy atom. The van der Waals surface area contributed by atoms with E-state index in [0.29, 0.717) is 45.3 Å². The van der Waals surface area contributed by atoms with Gasteiger partial charge in [-0.15, -0.1) is 0 Å². The average Bonchev–Trinajstić information content (AvgIpc) is 2.75. The third-order valence-corrected chi connectivity index (χ3v) is 6.48. The molecule has 0 spiro atoms. The predicted molar refractivity (Wildman–Crippen MR) is 124 cm³/mol. The van der Waals surface area contributed by atoms with Gasteiger partial charge < -0.3 is 25.2 Å². The molecular weight excluding hydrogens is 408 g/mol. The monoisotopic (exact) mass is 446 g/mol. The van der Waals surface area contributed by atoms with Crippen LogP contribution in [-0.4, -0.2) is 58.8 Å². The summed E-state index contributed by atoms with van der Waals surface area (Å²) in [6.45, 7) is 0.655. The van der Waals surface area contributed by atoms with E-state index in [1.807, 2.05) is 23.1 Å². The number of nitrogens with zero attached hydrogens (tertiary/aromatic N) is 1. The van der Waals surface area contributed by atoms with Crippen molar-refractivity contribution < 1.29 is 24.5 Å². The molecular formula is C25H38N2O5. The number of benzene rings is 1. The van der Waals surface area contributed by atoms with Gasteiger partial charge >= 0.3 is 0 Å². The Hall–Kier alpha value is -2.12. The van der Waals surface area contributed by atoms with Gasteiger partial charge in [-0.3, -0.25) is 9.59 Å². The second kappa shape index (κ2) is 12.8. The Balaban J connectivity index is 1.50. The molecule has 3 rings (SSSR count). The maximum atomic E-state index is 13.1. The molecule has 1 saturated carbocycles. The van der Waals surface area contributed by atoms with E-state index in [2.05, 4.69) is 5.32 Å². The van der Waals surface area contributed by atoms with Gasteiger partial charge in [0.25, 0.3) is 0 Å². The van der Waals surface area contributed by atoms with Gasteiger partial charge in [-0.1, -0.05) is 32.1 Å². The van der Waals surface area contributed by atoms with Crippen LogP contribution in [0.25, 0.3) is 0 Å². The molecule has 1 aliphatic carbocycles. The fourth-order valence-electron chi connectivity index (χ4n) is 4.67. The molecule has 7 heteroatoms. The van der Waals surface area contributed by atoms with Crippen LogP contribution < -0.4 is 10.1 Å². The Kier molecular flexibility index (Phi) is 9.81. The van der Waals surface area contributed by atoms with Crippen LogP contribution in [0.4, 0.5) is 5.69 Å². The maximum Gasteiger partial charge on any atom is 0.224 e. The molecule has 2 amide bonds. The SMILES string of the molecule is O=C1CCc2cc(OCCCC(=O)N(CC(O)CCO)C3CCCCCCC3)ccc2N1. The molecule has 1 heterocycles. The van der Waals surface area contributed by atoms with Crippen molar-refractivity contribution in [3.05, 3.63) is 23.8 Å². The average molecular weight is 447 g/mol. The molecule has 7 nitrogen and oxygen atoms in total. The number of amides is 2. The first kappa shape index (κ1) is 24.5. The van der Waals surface area contributed by atoms with Crippen molar-refractivity contribution in [2.24, 2.45) is 0 Å². The van der Waals surface area contributed by atoms with Crippen LogP contribution in [0.1, 0.15) is 76.2 Å². The molecule has 0 radical (unpaired) electrons. The fourth-order valence-corrected chi connectivity index (χ4v) is 4.67. The number of aryl methyl sites for hydroxylation is 1. The minimum Gasteiger partial charge on any atom is -0.494 e. The zero-order chi connectivity index (χ0) is 22.8. The van der Waals surface area contributed by atoms with E-state index in [-0.39, 0.29) is 24.5 Å². The van der Waals surface area contributed by atoms with Crippen molar-refractivity contribution in [2.75, 3.05) is 25.1 Å². The van der Waals surface area contributed by atoms with Gasteiger partial charge in [-0.2, -0.15) is 0 Å². The minimum absolute atomic E-state index is 0.0441. The fraction of sp³-hybridized carbons (Fsp3) is 0.680. The molecule has 32 heavy (non-hydrogen) atoms. The Bertz CT molecular complexity index is 746. The van der Waals surface area contributed by atoms with Crippen LogP contribution in [0.5, 0.6) is 5.75 Å². The van der Waals surface area contributed by atoms with E-state index >= 15 is 0 Å². The number of ether oxygens (including phenoxy) is 1. The van der Waals surface area contributed by atoms with Crippen LogP contribution in [0.2, 0.25) is 0 Å². The maximum absolute atomic E-state index is 13.1. The molecule has 1 aromatic carbocycles. The first-order valence-electron chi connectivity index (χ1n) is 12.2. The lowest BCUT2D eigenvalue weighted by Crippen LogP contribution is -2.45. The number of aliphatic hydroxyl groups excluding tert-OH is 2. The number of anilines is 1. The van der Waals surface area contributed by atoms with Gasteiger partial charge in [0, 0.05) is 37.7 Å². The highest BCUT2D eigenvalue weighted by Gasteiger charge is 2.26. The van der Waals surface area contributed by atoms with Crippen LogP contribution in [0.15, 0.2) is 18.2 Å². The quantitative estimate of drug-likeness (QED) is 0.478. The van der Waals surface area contributed by atoms with Gasteiger partial charge in [0.2, 0.25) is 11.8 Å². The van der Waals surface area contributed by atoms with E-state index in [1.54, 1.807) is 0 Å². The second-order valence-corrected chi connectivity index (χ2v) is 9.03. The molecule has 3 N–H and O–H groups in total. The molecule has 1 aliphatic heterocycles. The summed E-state index contributed by atoms with van der Waals surface area (Å²) in [4.78, 5) is 26.4. The van der Waals surface area contributed by atoms with E-state index in [1.165, 1.54) is 19.3 Å². The third-order valence-electron chi connectivity index (χ3n) is 6.48. The highest BCUT2D eigenvalue weighted by Crippen LogP contribution is 2.27. The van der Waals surface area contributed by atoms with E-state index < -0.39 is 6.10 Å². The number of fused-ring (bicyclic) bond motifs is 1. The highest BCUT2D eigenvalue weighted by molar-refractivity contribution is 5.94. The lowest BCUT2D eigenvalue weighted by atomic mass is 9.95. The normalized spacial score (nSPS) is 18.1. The summed E-state index contributed by atoms with van der Waals surface area (Å²) in [5, 5.41) is 22.3. The van der Waals surface area contributed by atoms with Crippen molar-refractivity contribution in [3.8, 4) is 5.75 Å². The Morgan fingerprint density at radius 2 is 1.91 bits per heavy atom. The van der Waals surface area contributed by atoms with Gasteiger partial charge in [0.05, 0.1) is 12.7 Å². The lowest BCUT2D eigenvalue weighted by molar-refractivity contribution is -0.136.